The summed E-state index contributed by atoms with van der Waals surface area (Å²) in [6.07, 6.45) is 5.50. The quantitative estimate of drug-likeness (QED) is 0.562. The Bertz CT molecular complexity index is 416. The summed E-state index contributed by atoms with van der Waals surface area (Å²) in [5.74, 6) is 0. The predicted molar refractivity (Wildman–Crippen MR) is 75.6 cm³/mol. The highest BCUT2D eigenvalue weighted by molar-refractivity contribution is 5.42. The van der Waals surface area contributed by atoms with Gasteiger partial charge in [-0.15, -0.1) is 0 Å². The van der Waals surface area contributed by atoms with Gasteiger partial charge in [-0.05, 0) is 19.9 Å². The van der Waals surface area contributed by atoms with Gasteiger partial charge in [-0.1, -0.05) is 25.3 Å². The van der Waals surface area contributed by atoms with Crippen molar-refractivity contribution in [1.29, 1.82) is 5.26 Å². The first-order valence-electron chi connectivity index (χ1n) is 6.19. The minimum absolute atomic E-state index is 0.707. The minimum atomic E-state index is 0.707. The third-order valence-corrected chi connectivity index (χ3v) is 3.12. The zero-order valence-electron chi connectivity index (χ0n) is 11.3. The molecule has 0 radical (unpaired) electrons. The second-order valence-corrected chi connectivity index (χ2v) is 4.31. The van der Waals surface area contributed by atoms with Crippen LogP contribution in [-0.4, -0.2) is 36.0 Å². The number of piperazine rings is 1. The molecule has 1 saturated heterocycles. The van der Waals surface area contributed by atoms with E-state index in [1.54, 1.807) is 6.08 Å². The normalized spacial score (nSPS) is 17.4. The lowest BCUT2D eigenvalue weighted by molar-refractivity contribution is 0.196. The number of allylic oxidation sites excluding steroid dienone is 5. The smallest absolute Gasteiger partial charge is 0.101 e. The lowest BCUT2D eigenvalue weighted by Crippen LogP contribution is -2.44. The van der Waals surface area contributed by atoms with Crippen molar-refractivity contribution in [1.82, 2.24) is 9.80 Å². The molecule has 1 heterocycles. The van der Waals surface area contributed by atoms with Gasteiger partial charge < -0.3 is 9.80 Å². The molecule has 18 heavy (non-hydrogen) atoms. The van der Waals surface area contributed by atoms with Gasteiger partial charge in [0.15, 0.2) is 0 Å². The molecule has 0 bridgehead atoms. The fraction of sp³-hybridized carbons (Fsp3) is 0.400. The average Bonchev–Trinajstić information content (AvgIpc) is 2.39. The van der Waals surface area contributed by atoms with Crippen LogP contribution in [0.4, 0.5) is 0 Å². The molecule has 1 rings (SSSR count). The topological polar surface area (TPSA) is 30.3 Å². The second-order valence-electron chi connectivity index (χ2n) is 4.31. The molecule has 3 nitrogen and oxygen atoms in total. The van der Waals surface area contributed by atoms with Gasteiger partial charge in [-0.2, -0.15) is 5.26 Å². The lowest BCUT2D eigenvalue weighted by atomic mass is 10.1. The van der Waals surface area contributed by atoms with E-state index in [1.807, 2.05) is 26.0 Å². The highest BCUT2D eigenvalue weighted by atomic mass is 15.3. The molecule has 0 aromatic carbocycles. The monoisotopic (exact) mass is 243 g/mol. The highest BCUT2D eigenvalue weighted by Crippen LogP contribution is 2.18. The number of rotatable bonds is 4. The molecule has 1 aliphatic rings. The van der Waals surface area contributed by atoms with Gasteiger partial charge in [0.25, 0.3) is 0 Å². The number of nitriles is 1. The van der Waals surface area contributed by atoms with Gasteiger partial charge in [-0.3, -0.25) is 0 Å². The first-order valence-corrected chi connectivity index (χ1v) is 6.19. The largest absolute Gasteiger partial charge is 0.372 e. The minimum Gasteiger partial charge on any atom is -0.372 e. The highest BCUT2D eigenvalue weighted by Gasteiger charge is 2.19. The molecule has 0 spiro atoms. The Morgan fingerprint density at radius 3 is 2.17 bits per heavy atom. The van der Waals surface area contributed by atoms with Crippen LogP contribution in [0.25, 0.3) is 0 Å². The van der Waals surface area contributed by atoms with E-state index in [0.29, 0.717) is 5.57 Å². The molecule has 3 heteroatoms. The molecule has 0 unspecified atom stereocenters. The van der Waals surface area contributed by atoms with Gasteiger partial charge in [0, 0.05) is 31.9 Å². The summed E-state index contributed by atoms with van der Waals surface area (Å²) >= 11 is 0. The van der Waals surface area contributed by atoms with E-state index in [-0.39, 0.29) is 0 Å². The molecule has 96 valence electrons. The first kappa shape index (κ1) is 14.1. The average molecular weight is 243 g/mol. The summed E-state index contributed by atoms with van der Waals surface area (Å²) in [6.45, 7) is 15.3. The van der Waals surface area contributed by atoms with Crippen LogP contribution in [0.15, 0.2) is 48.4 Å². The molecule has 0 saturated carbocycles. The summed E-state index contributed by atoms with van der Waals surface area (Å²) < 4.78 is 0. The van der Waals surface area contributed by atoms with Crippen LogP contribution in [0.3, 0.4) is 0 Å². The van der Waals surface area contributed by atoms with Crippen molar-refractivity contribution in [3.63, 3.8) is 0 Å². The van der Waals surface area contributed by atoms with E-state index < -0.39 is 0 Å². The van der Waals surface area contributed by atoms with Crippen LogP contribution in [0.1, 0.15) is 13.8 Å². The standard InChI is InChI=1S/C15H21N3/c1-5-7-15(14(6-2)12-16)18-10-8-17(9-11-18)13(3)4/h5-7H,1,3,8-11H2,2,4H3/b14-6-,15-7+. The summed E-state index contributed by atoms with van der Waals surface area (Å²) in [5.41, 5.74) is 2.78. The fourth-order valence-electron chi connectivity index (χ4n) is 2.08. The molecule has 0 N–H and O–H groups in total. The van der Waals surface area contributed by atoms with Gasteiger partial charge in [0.1, 0.15) is 6.07 Å². The van der Waals surface area contributed by atoms with E-state index in [4.69, 9.17) is 5.26 Å². The van der Waals surface area contributed by atoms with Crippen LogP contribution in [0.2, 0.25) is 0 Å². The van der Waals surface area contributed by atoms with E-state index in [0.717, 1.165) is 37.6 Å². The van der Waals surface area contributed by atoms with Crippen LogP contribution >= 0.6 is 0 Å². The van der Waals surface area contributed by atoms with Crippen molar-refractivity contribution in [2.24, 2.45) is 0 Å². The Hall–Kier alpha value is -1.95. The van der Waals surface area contributed by atoms with Crippen molar-refractivity contribution >= 4 is 0 Å². The third-order valence-electron chi connectivity index (χ3n) is 3.12. The van der Waals surface area contributed by atoms with E-state index in [9.17, 15) is 0 Å². The summed E-state index contributed by atoms with van der Waals surface area (Å²) in [5, 5.41) is 9.15. The van der Waals surface area contributed by atoms with Gasteiger partial charge in [0.2, 0.25) is 0 Å². The Labute approximate surface area is 110 Å². The van der Waals surface area contributed by atoms with E-state index >= 15 is 0 Å². The van der Waals surface area contributed by atoms with Crippen molar-refractivity contribution in [3.05, 3.63) is 48.4 Å². The maximum Gasteiger partial charge on any atom is 0.101 e. The van der Waals surface area contributed by atoms with Gasteiger partial charge >= 0.3 is 0 Å². The van der Waals surface area contributed by atoms with Crippen LogP contribution < -0.4 is 0 Å². The second kappa shape index (κ2) is 6.70. The van der Waals surface area contributed by atoms with Gasteiger partial charge in [-0.25, -0.2) is 0 Å². The Morgan fingerprint density at radius 2 is 1.78 bits per heavy atom. The number of hydrogen-bond donors (Lipinski definition) is 0. The first-order chi connectivity index (χ1) is 8.63. The van der Waals surface area contributed by atoms with Crippen LogP contribution in [-0.2, 0) is 0 Å². The molecule has 0 atom stereocenters. The Balaban J connectivity index is 2.80. The van der Waals surface area contributed by atoms with E-state index in [2.05, 4.69) is 29.0 Å². The number of hydrogen-bond acceptors (Lipinski definition) is 3. The predicted octanol–water partition coefficient (Wildman–Crippen LogP) is 2.68. The SMILES string of the molecule is C=C/C=C(\C(C#N)=C/C)N1CCN(C(=C)C)CC1. The molecule has 0 aromatic rings. The zero-order chi connectivity index (χ0) is 13.5. The maximum atomic E-state index is 9.15. The fourth-order valence-corrected chi connectivity index (χ4v) is 2.08. The summed E-state index contributed by atoms with van der Waals surface area (Å²) in [6, 6.07) is 2.24. The van der Waals surface area contributed by atoms with Crippen molar-refractivity contribution < 1.29 is 0 Å². The van der Waals surface area contributed by atoms with E-state index in [1.165, 1.54) is 0 Å². The number of nitrogens with zero attached hydrogens (tertiary/aromatic N) is 3. The van der Waals surface area contributed by atoms with Crippen LogP contribution in [0.5, 0.6) is 0 Å². The lowest BCUT2D eigenvalue weighted by Gasteiger charge is -2.38. The molecular formula is C15H21N3. The third kappa shape index (κ3) is 3.27. The Morgan fingerprint density at radius 1 is 1.22 bits per heavy atom. The molecule has 1 fully saturated rings. The molecular weight excluding hydrogens is 222 g/mol. The maximum absolute atomic E-state index is 9.15. The summed E-state index contributed by atoms with van der Waals surface area (Å²) in [7, 11) is 0. The van der Waals surface area contributed by atoms with Gasteiger partial charge in [0.05, 0.1) is 11.3 Å². The summed E-state index contributed by atoms with van der Waals surface area (Å²) in [4.78, 5) is 4.50. The molecule has 0 amide bonds. The zero-order valence-corrected chi connectivity index (χ0v) is 11.3. The van der Waals surface area contributed by atoms with Crippen molar-refractivity contribution in [2.75, 3.05) is 26.2 Å². The molecule has 0 aromatic heterocycles. The molecule has 1 aliphatic heterocycles. The Kier molecular flexibility index (Phi) is 5.26. The van der Waals surface area contributed by atoms with Crippen molar-refractivity contribution in [2.45, 2.75) is 13.8 Å². The van der Waals surface area contributed by atoms with Crippen LogP contribution in [0, 0.1) is 11.3 Å². The molecule has 0 aliphatic carbocycles. The van der Waals surface area contributed by atoms with Crippen molar-refractivity contribution in [3.8, 4) is 6.07 Å².